The van der Waals surface area contributed by atoms with Gasteiger partial charge in [-0.05, 0) is 129 Å². The van der Waals surface area contributed by atoms with Crippen molar-refractivity contribution < 1.29 is 19.4 Å². The second-order valence-corrected chi connectivity index (χ2v) is 11.5. The van der Waals surface area contributed by atoms with Gasteiger partial charge in [-0.2, -0.15) is 0 Å². The number of aliphatic imine (C=N–C) groups is 1. The Labute approximate surface area is 247 Å². The van der Waals surface area contributed by atoms with Gasteiger partial charge in [-0.3, -0.25) is 9.69 Å². The molecule has 1 aliphatic heterocycles. The number of carboxylic acid groups (broad SMARTS) is 1. The first-order valence-corrected chi connectivity index (χ1v) is 14.6. The van der Waals surface area contributed by atoms with Gasteiger partial charge in [-0.15, -0.1) is 0 Å². The van der Waals surface area contributed by atoms with Crippen LogP contribution in [0.5, 0.6) is 5.75 Å². The molecule has 0 saturated carbocycles. The van der Waals surface area contributed by atoms with Crippen molar-refractivity contribution in [2.24, 2.45) is 4.99 Å². The van der Waals surface area contributed by atoms with Gasteiger partial charge in [0.25, 0.3) is 5.91 Å². The van der Waals surface area contributed by atoms with Gasteiger partial charge in [0.1, 0.15) is 5.75 Å². The summed E-state index contributed by atoms with van der Waals surface area (Å²) in [7, 11) is 0. The molecular weight excluding hydrogens is 714 g/mol. The first kappa shape index (κ1) is 27.6. The standard InChI is InChI=1S/C28H24I2N2O4S/c1-3-17-5-9-20(10-6-17)31-28-32(21-11-7-18(4-2)8-12-21)27(35)24(37-28)15-19-13-22(29)26(23(30)14-19)36-16-25(33)34/h5-15H,3-4,16H2,1-2H3,(H,33,34)/b24-15-,31-28?. The number of amidine groups is 1. The highest BCUT2D eigenvalue weighted by molar-refractivity contribution is 14.1. The number of amides is 1. The van der Waals surface area contributed by atoms with Crippen LogP contribution in [0, 0.1) is 7.14 Å². The maximum Gasteiger partial charge on any atom is 0.341 e. The first-order chi connectivity index (χ1) is 17.8. The Morgan fingerprint density at radius 3 is 2.11 bits per heavy atom. The van der Waals surface area contributed by atoms with Gasteiger partial charge >= 0.3 is 5.97 Å². The first-order valence-electron chi connectivity index (χ1n) is 11.6. The van der Waals surface area contributed by atoms with E-state index in [1.54, 1.807) is 4.90 Å². The lowest BCUT2D eigenvalue weighted by molar-refractivity contribution is -0.139. The summed E-state index contributed by atoms with van der Waals surface area (Å²) < 4.78 is 6.97. The normalized spacial score (nSPS) is 15.6. The predicted octanol–water partition coefficient (Wildman–Crippen LogP) is 7.29. The van der Waals surface area contributed by atoms with E-state index in [4.69, 9.17) is 14.8 Å². The molecule has 1 amide bonds. The minimum Gasteiger partial charge on any atom is -0.480 e. The van der Waals surface area contributed by atoms with Gasteiger partial charge in [0.05, 0.1) is 23.4 Å². The summed E-state index contributed by atoms with van der Waals surface area (Å²) in [6.07, 6.45) is 3.71. The Morgan fingerprint density at radius 1 is 1.00 bits per heavy atom. The quantitative estimate of drug-likeness (QED) is 0.194. The van der Waals surface area contributed by atoms with E-state index in [2.05, 4.69) is 71.2 Å². The van der Waals surface area contributed by atoms with Crippen LogP contribution in [0.2, 0.25) is 0 Å². The average Bonchev–Trinajstić information content (AvgIpc) is 3.17. The summed E-state index contributed by atoms with van der Waals surface area (Å²) in [5, 5.41) is 9.53. The van der Waals surface area contributed by atoms with Gasteiger partial charge in [-0.25, -0.2) is 9.79 Å². The molecule has 4 rings (SSSR count). The van der Waals surface area contributed by atoms with Crippen LogP contribution in [0.25, 0.3) is 6.08 Å². The zero-order valence-corrected chi connectivity index (χ0v) is 25.3. The Kier molecular flexibility index (Phi) is 9.30. The Hall–Kier alpha value is -2.38. The summed E-state index contributed by atoms with van der Waals surface area (Å²) in [6, 6.07) is 19.8. The highest BCUT2D eigenvalue weighted by Crippen LogP contribution is 2.38. The summed E-state index contributed by atoms with van der Waals surface area (Å²) >= 11 is 5.57. The zero-order valence-electron chi connectivity index (χ0n) is 20.2. The van der Waals surface area contributed by atoms with Crippen LogP contribution in [-0.2, 0) is 22.4 Å². The number of anilines is 1. The third-order valence-corrected chi connectivity index (χ3v) is 8.21. The summed E-state index contributed by atoms with van der Waals surface area (Å²) in [6.45, 7) is 3.80. The second-order valence-electron chi connectivity index (χ2n) is 8.18. The fraction of sp³-hybridized carbons (Fsp3) is 0.179. The largest absolute Gasteiger partial charge is 0.480 e. The van der Waals surface area contributed by atoms with Gasteiger partial charge in [0.15, 0.2) is 11.8 Å². The fourth-order valence-electron chi connectivity index (χ4n) is 3.66. The third-order valence-electron chi connectivity index (χ3n) is 5.64. The van der Waals surface area contributed by atoms with Crippen molar-refractivity contribution in [1.82, 2.24) is 0 Å². The summed E-state index contributed by atoms with van der Waals surface area (Å²) in [5.41, 5.74) is 4.80. The summed E-state index contributed by atoms with van der Waals surface area (Å²) in [5.74, 6) is -0.657. The minimum atomic E-state index is -1.03. The number of ether oxygens (including phenoxy) is 1. The lowest BCUT2D eigenvalue weighted by Crippen LogP contribution is -2.28. The molecule has 1 heterocycles. The number of carbonyl (C=O) groups is 2. The smallest absolute Gasteiger partial charge is 0.341 e. The number of benzene rings is 3. The number of thioether (sulfide) groups is 1. The van der Waals surface area contributed by atoms with Gasteiger partial charge in [-0.1, -0.05) is 38.1 Å². The van der Waals surface area contributed by atoms with Crippen LogP contribution in [0.1, 0.15) is 30.5 Å². The molecule has 0 bridgehead atoms. The molecule has 1 aliphatic rings. The van der Waals surface area contributed by atoms with E-state index < -0.39 is 12.6 Å². The molecule has 9 heteroatoms. The van der Waals surface area contributed by atoms with Crippen LogP contribution >= 0.6 is 56.9 Å². The molecule has 6 nitrogen and oxygen atoms in total. The lowest BCUT2D eigenvalue weighted by Gasteiger charge is -2.16. The van der Waals surface area contributed by atoms with Crippen molar-refractivity contribution in [2.45, 2.75) is 26.7 Å². The van der Waals surface area contributed by atoms with Crippen molar-refractivity contribution in [3.8, 4) is 5.75 Å². The van der Waals surface area contributed by atoms with Crippen molar-refractivity contribution in [2.75, 3.05) is 11.5 Å². The van der Waals surface area contributed by atoms with Crippen molar-refractivity contribution in [1.29, 1.82) is 0 Å². The number of halogens is 2. The van der Waals surface area contributed by atoms with Crippen LogP contribution < -0.4 is 9.64 Å². The zero-order chi connectivity index (χ0) is 26.5. The lowest BCUT2D eigenvalue weighted by atomic mass is 10.1. The van der Waals surface area contributed by atoms with Crippen molar-refractivity contribution >= 4 is 91.4 Å². The molecule has 3 aromatic carbocycles. The average molecular weight is 738 g/mol. The monoisotopic (exact) mass is 738 g/mol. The van der Waals surface area contributed by atoms with E-state index in [1.807, 2.05) is 54.6 Å². The Morgan fingerprint density at radius 2 is 1.57 bits per heavy atom. The molecule has 0 aliphatic carbocycles. The van der Waals surface area contributed by atoms with Crippen LogP contribution in [0.15, 0.2) is 70.6 Å². The number of aryl methyl sites for hydroxylation is 2. The van der Waals surface area contributed by atoms with Crippen molar-refractivity contribution in [3.05, 3.63) is 89.4 Å². The predicted molar refractivity (Wildman–Crippen MR) is 167 cm³/mol. The SMILES string of the molecule is CCc1ccc(N=C2S/C(=C\c3cc(I)c(OCC(=O)O)c(I)c3)C(=O)N2c2ccc(CC)cc2)cc1. The molecule has 3 aromatic rings. The van der Waals surface area contributed by atoms with Crippen LogP contribution in [-0.4, -0.2) is 28.8 Å². The van der Waals surface area contributed by atoms with Crippen LogP contribution in [0.4, 0.5) is 11.4 Å². The van der Waals surface area contributed by atoms with E-state index in [-0.39, 0.29) is 5.91 Å². The number of aliphatic carboxylic acids is 1. The van der Waals surface area contributed by atoms with E-state index in [9.17, 15) is 9.59 Å². The van der Waals surface area contributed by atoms with Crippen molar-refractivity contribution in [3.63, 3.8) is 0 Å². The number of nitrogens with zero attached hydrogens (tertiary/aromatic N) is 2. The second kappa shape index (κ2) is 12.4. The van der Waals surface area contributed by atoms with E-state index >= 15 is 0 Å². The maximum atomic E-state index is 13.6. The maximum absolute atomic E-state index is 13.6. The van der Waals surface area contributed by atoms with Gasteiger partial charge in [0.2, 0.25) is 0 Å². The molecule has 0 radical (unpaired) electrons. The van der Waals surface area contributed by atoms with E-state index in [0.29, 0.717) is 15.8 Å². The van der Waals surface area contributed by atoms with Gasteiger partial charge in [0, 0.05) is 0 Å². The highest BCUT2D eigenvalue weighted by Gasteiger charge is 2.35. The molecular formula is C28H24I2N2O4S. The Bertz CT molecular complexity index is 1360. The van der Waals surface area contributed by atoms with E-state index in [0.717, 1.165) is 36.9 Å². The third kappa shape index (κ3) is 6.74. The number of hydrogen-bond acceptors (Lipinski definition) is 5. The molecule has 0 atom stereocenters. The molecule has 0 aromatic heterocycles. The van der Waals surface area contributed by atoms with Crippen LogP contribution in [0.3, 0.4) is 0 Å². The molecule has 190 valence electrons. The molecule has 37 heavy (non-hydrogen) atoms. The fourth-order valence-corrected chi connectivity index (χ4v) is 6.79. The van der Waals surface area contributed by atoms with E-state index in [1.165, 1.54) is 22.9 Å². The number of carbonyl (C=O) groups excluding carboxylic acids is 1. The number of rotatable bonds is 8. The number of hydrogen-bond donors (Lipinski definition) is 1. The molecule has 0 spiro atoms. The molecule has 0 unspecified atom stereocenters. The molecule has 1 saturated heterocycles. The molecule has 1 fully saturated rings. The summed E-state index contributed by atoms with van der Waals surface area (Å²) in [4.78, 5) is 31.6. The van der Waals surface area contributed by atoms with Gasteiger partial charge < -0.3 is 9.84 Å². The minimum absolute atomic E-state index is 0.144. The molecule has 1 N–H and O–H groups in total. The highest BCUT2D eigenvalue weighted by atomic mass is 127. The topological polar surface area (TPSA) is 79.2 Å². The number of carboxylic acids is 1. The Balaban J connectivity index is 1.71.